The molecule has 0 aromatic rings. The molecule has 240 valence electrons. The van der Waals surface area contributed by atoms with Gasteiger partial charge in [0.25, 0.3) is 0 Å². The van der Waals surface area contributed by atoms with E-state index in [-0.39, 0.29) is 18.1 Å². The van der Waals surface area contributed by atoms with Crippen LogP contribution < -0.4 is 0 Å². The van der Waals surface area contributed by atoms with Crippen molar-refractivity contribution in [2.75, 3.05) is 19.6 Å². The largest absolute Gasteiger partial charge is 0.351 e. The quantitative estimate of drug-likeness (QED) is 0.0593. The van der Waals surface area contributed by atoms with Crippen LogP contribution in [0.25, 0.3) is 0 Å². The lowest BCUT2D eigenvalue weighted by Crippen LogP contribution is -2.36. The van der Waals surface area contributed by atoms with Crippen LogP contribution in [0.5, 0.6) is 0 Å². The molecule has 0 bridgehead atoms. The molecule has 0 aromatic heterocycles. The summed E-state index contributed by atoms with van der Waals surface area (Å²) in [4.78, 5) is 31.7. The van der Waals surface area contributed by atoms with Crippen molar-refractivity contribution >= 4 is 17.4 Å². The highest BCUT2D eigenvalue weighted by atomic mass is 16.2. The molecule has 0 fully saturated rings. The molecule has 1 rings (SSSR count). The van der Waals surface area contributed by atoms with E-state index in [1.165, 1.54) is 154 Å². The van der Waals surface area contributed by atoms with Crippen LogP contribution >= 0.6 is 0 Å². The molecule has 41 heavy (non-hydrogen) atoms. The van der Waals surface area contributed by atoms with Crippen molar-refractivity contribution in [3.05, 3.63) is 0 Å². The van der Waals surface area contributed by atoms with Gasteiger partial charge in [-0.2, -0.15) is 0 Å². The Labute approximate surface area is 256 Å². The summed E-state index contributed by atoms with van der Waals surface area (Å²) >= 11 is 0. The highest BCUT2D eigenvalue weighted by molar-refractivity contribution is 6.38. The molecule has 0 atom stereocenters. The molecule has 0 amide bonds. The molecular weight excluding hydrogens is 504 g/mol. The van der Waals surface area contributed by atoms with Crippen molar-refractivity contribution in [1.82, 2.24) is 4.90 Å². The standard InChI is InChI=1S/C37H70N2O2/c1-3-5-7-9-11-13-15-17-18-19-20-22-24-26-28-30-35(40)36(41)34-39-33-32-38-37(39)31-29-27-25-23-21-16-14-12-10-8-6-4-2/h3-34H2,1-2H3. The Morgan fingerprint density at radius 1 is 0.512 bits per heavy atom. The van der Waals surface area contributed by atoms with Crippen LogP contribution in [-0.4, -0.2) is 41.9 Å². The van der Waals surface area contributed by atoms with Gasteiger partial charge in [-0.15, -0.1) is 0 Å². The number of amidine groups is 1. The maximum absolute atomic E-state index is 12.6. The average molecular weight is 575 g/mol. The van der Waals surface area contributed by atoms with Crippen molar-refractivity contribution in [2.45, 2.75) is 200 Å². The van der Waals surface area contributed by atoms with E-state index in [1.54, 1.807) is 0 Å². The number of hydrogen-bond acceptors (Lipinski definition) is 4. The first-order valence-corrected chi connectivity index (χ1v) is 18.5. The smallest absolute Gasteiger partial charge is 0.217 e. The first-order chi connectivity index (χ1) is 20.2. The van der Waals surface area contributed by atoms with E-state index in [0.717, 1.165) is 44.6 Å². The van der Waals surface area contributed by atoms with Crippen molar-refractivity contribution < 1.29 is 9.59 Å². The zero-order chi connectivity index (χ0) is 29.6. The van der Waals surface area contributed by atoms with Crippen LogP contribution in [0.15, 0.2) is 4.99 Å². The zero-order valence-electron chi connectivity index (χ0n) is 27.8. The Balaban J connectivity index is 1.94. The van der Waals surface area contributed by atoms with Crippen LogP contribution in [0, 0.1) is 0 Å². The van der Waals surface area contributed by atoms with Crippen molar-refractivity contribution in [1.29, 1.82) is 0 Å². The topological polar surface area (TPSA) is 49.7 Å². The number of aliphatic imine (C=N–C) groups is 1. The summed E-state index contributed by atoms with van der Waals surface area (Å²) < 4.78 is 0. The fourth-order valence-corrected chi connectivity index (χ4v) is 6.12. The van der Waals surface area contributed by atoms with Crippen LogP contribution in [0.2, 0.25) is 0 Å². The van der Waals surface area contributed by atoms with Gasteiger partial charge in [0.1, 0.15) is 0 Å². The van der Waals surface area contributed by atoms with E-state index in [2.05, 4.69) is 23.7 Å². The van der Waals surface area contributed by atoms with Crippen LogP contribution in [0.4, 0.5) is 0 Å². The highest BCUT2D eigenvalue weighted by Crippen LogP contribution is 2.16. The minimum Gasteiger partial charge on any atom is -0.351 e. The lowest BCUT2D eigenvalue weighted by Gasteiger charge is -2.19. The first kappa shape index (κ1) is 37.8. The lowest BCUT2D eigenvalue weighted by atomic mass is 10.0. The number of hydrogen-bond donors (Lipinski definition) is 0. The van der Waals surface area contributed by atoms with Gasteiger partial charge in [0.05, 0.1) is 18.9 Å². The number of unbranched alkanes of at least 4 members (excludes halogenated alkanes) is 25. The van der Waals surface area contributed by atoms with Crippen LogP contribution in [0.3, 0.4) is 0 Å². The van der Waals surface area contributed by atoms with Gasteiger partial charge in [-0.3, -0.25) is 14.6 Å². The third-order valence-electron chi connectivity index (χ3n) is 8.94. The van der Waals surface area contributed by atoms with Gasteiger partial charge < -0.3 is 4.90 Å². The number of rotatable bonds is 32. The molecule has 1 aliphatic rings. The Morgan fingerprint density at radius 2 is 0.878 bits per heavy atom. The average Bonchev–Trinajstić information content (AvgIpc) is 3.42. The SMILES string of the molecule is CCCCCCCCCCCCCCCCCC(=O)C(=O)CN1CCN=C1CCCCCCCCCCCCCC. The number of carbonyl (C=O) groups is 2. The Morgan fingerprint density at radius 3 is 1.29 bits per heavy atom. The minimum absolute atomic E-state index is 0.170. The van der Waals surface area contributed by atoms with Crippen LogP contribution in [-0.2, 0) is 9.59 Å². The lowest BCUT2D eigenvalue weighted by molar-refractivity contribution is -0.136. The molecule has 4 heteroatoms. The molecule has 0 unspecified atom stereocenters. The summed E-state index contributed by atoms with van der Waals surface area (Å²) in [5, 5.41) is 0. The highest BCUT2D eigenvalue weighted by Gasteiger charge is 2.22. The third-order valence-corrected chi connectivity index (χ3v) is 8.94. The van der Waals surface area contributed by atoms with Gasteiger partial charge in [0, 0.05) is 19.4 Å². The van der Waals surface area contributed by atoms with Gasteiger partial charge in [-0.05, 0) is 12.8 Å². The van der Waals surface area contributed by atoms with E-state index in [9.17, 15) is 9.59 Å². The Hall–Kier alpha value is -1.19. The second kappa shape index (κ2) is 28.9. The summed E-state index contributed by atoms with van der Waals surface area (Å²) in [6.45, 7) is 6.37. The van der Waals surface area contributed by atoms with Crippen molar-refractivity contribution in [3.63, 3.8) is 0 Å². The van der Waals surface area contributed by atoms with Crippen molar-refractivity contribution in [2.24, 2.45) is 4.99 Å². The fraction of sp³-hybridized carbons (Fsp3) is 0.919. The fourth-order valence-electron chi connectivity index (χ4n) is 6.12. The number of carbonyl (C=O) groups excluding carboxylic acids is 2. The molecule has 1 aliphatic heterocycles. The summed E-state index contributed by atoms with van der Waals surface area (Å²) in [7, 11) is 0. The van der Waals surface area contributed by atoms with E-state index in [4.69, 9.17) is 0 Å². The van der Waals surface area contributed by atoms with Gasteiger partial charge in [-0.1, -0.05) is 174 Å². The van der Waals surface area contributed by atoms with Gasteiger partial charge in [0.15, 0.2) is 5.78 Å². The summed E-state index contributed by atoms with van der Waals surface area (Å²) in [5.74, 6) is 0.682. The maximum atomic E-state index is 12.6. The molecule has 0 aromatic carbocycles. The molecule has 0 saturated carbocycles. The molecule has 0 saturated heterocycles. The molecule has 1 heterocycles. The maximum Gasteiger partial charge on any atom is 0.217 e. The summed E-state index contributed by atoms with van der Waals surface area (Å²) in [5.41, 5.74) is 0. The molecule has 4 nitrogen and oxygen atoms in total. The van der Waals surface area contributed by atoms with Gasteiger partial charge >= 0.3 is 0 Å². The molecule has 0 aliphatic carbocycles. The van der Waals surface area contributed by atoms with E-state index >= 15 is 0 Å². The van der Waals surface area contributed by atoms with Crippen molar-refractivity contribution in [3.8, 4) is 0 Å². The summed E-state index contributed by atoms with van der Waals surface area (Å²) in [6.07, 6.45) is 37.2. The first-order valence-electron chi connectivity index (χ1n) is 18.5. The Bertz CT molecular complexity index is 645. The predicted molar refractivity (Wildman–Crippen MR) is 179 cm³/mol. The second-order valence-corrected chi connectivity index (χ2v) is 12.9. The molecule has 0 N–H and O–H groups in total. The van der Waals surface area contributed by atoms with Gasteiger partial charge in [-0.25, -0.2) is 0 Å². The van der Waals surface area contributed by atoms with E-state index in [0.29, 0.717) is 6.42 Å². The van der Waals surface area contributed by atoms with E-state index < -0.39 is 0 Å². The molecule has 0 radical (unpaired) electrons. The number of Topliss-reactive ketones (excluding diaryl/α,β-unsaturated/α-hetero) is 2. The number of ketones is 2. The van der Waals surface area contributed by atoms with E-state index in [1.807, 2.05) is 0 Å². The third kappa shape index (κ3) is 23.0. The normalized spacial score (nSPS) is 13.2. The predicted octanol–water partition coefficient (Wildman–Crippen LogP) is 11.2. The minimum atomic E-state index is -0.209. The van der Waals surface area contributed by atoms with Gasteiger partial charge in [0.2, 0.25) is 5.78 Å². The monoisotopic (exact) mass is 575 g/mol. The molecular formula is C37H70N2O2. The summed E-state index contributed by atoms with van der Waals surface area (Å²) in [6, 6.07) is 0. The number of nitrogens with zero attached hydrogens (tertiary/aromatic N) is 2. The van der Waals surface area contributed by atoms with Crippen LogP contribution in [0.1, 0.15) is 200 Å². The Kier molecular flexibility index (Phi) is 26.7. The molecule has 0 spiro atoms. The second-order valence-electron chi connectivity index (χ2n) is 12.9. The zero-order valence-corrected chi connectivity index (χ0v) is 27.8.